The van der Waals surface area contributed by atoms with Gasteiger partial charge < -0.3 is 5.73 Å². The van der Waals surface area contributed by atoms with Crippen LogP contribution in [0.3, 0.4) is 0 Å². The van der Waals surface area contributed by atoms with Crippen molar-refractivity contribution >= 4 is 27.1 Å². The average molecular weight is 287 g/mol. The topological polar surface area (TPSA) is 90.9 Å². The van der Waals surface area contributed by atoms with Gasteiger partial charge >= 0.3 is 0 Å². The molecule has 0 radical (unpaired) electrons. The zero-order valence-electron chi connectivity index (χ0n) is 9.54. The standard InChI is InChI=1S/C10H11ClN4O2S/c1-15-10(13-6-14-15)5-18(16,17)9-4-7(12)2-3-8(9)11/h2-4,6H,5,12H2,1H3. The summed E-state index contributed by atoms with van der Waals surface area (Å²) >= 11 is 5.88. The van der Waals surface area contributed by atoms with Gasteiger partial charge in [0.15, 0.2) is 9.84 Å². The fourth-order valence-electron chi connectivity index (χ4n) is 1.46. The van der Waals surface area contributed by atoms with Crippen LogP contribution >= 0.6 is 11.6 Å². The van der Waals surface area contributed by atoms with Gasteiger partial charge in [-0.15, -0.1) is 0 Å². The van der Waals surface area contributed by atoms with Gasteiger partial charge in [-0.25, -0.2) is 13.4 Å². The monoisotopic (exact) mass is 286 g/mol. The molecule has 6 nitrogen and oxygen atoms in total. The minimum absolute atomic E-state index is 0.00664. The maximum atomic E-state index is 12.2. The number of hydrogen-bond donors (Lipinski definition) is 1. The van der Waals surface area contributed by atoms with E-state index in [0.29, 0.717) is 11.5 Å². The molecule has 2 rings (SSSR count). The highest BCUT2D eigenvalue weighted by Crippen LogP contribution is 2.26. The summed E-state index contributed by atoms with van der Waals surface area (Å²) in [5, 5.41) is 3.96. The van der Waals surface area contributed by atoms with Crippen molar-refractivity contribution in [2.24, 2.45) is 7.05 Å². The molecule has 96 valence electrons. The normalized spacial score (nSPS) is 11.7. The van der Waals surface area contributed by atoms with Gasteiger partial charge in [0.05, 0.1) is 9.92 Å². The highest BCUT2D eigenvalue weighted by atomic mass is 35.5. The fourth-order valence-corrected chi connectivity index (χ4v) is 3.36. The van der Waals surface area contributed by atoms with Gasteiger partial charge in [-0.2, -0.15) is 5.10 Å². The van der Waals surface area contributed by atoms with Crippen molar-refractivity contribution < 1.29 is 8.42 Å². The van der Waals surface area contributed by atoms with Crippen molar-refractivity contribution in [3.05, 3.63) is 35.4 Å². The quantitative estimate of drug-likeness (QED) is 0.851. The molecular weight excluding hydrogens is 276 g/mol. The zero-order chi connectivity index (χ0) is 13.3. The van der Waals surface area contributed by atoms with Gasteiger partial charge in [0, 0.05) is 12.7 Å². The summed E-state index contributed by atoms with van der Waals surface area (Å²) in [4.78, 5) is 3.88. The summed E-state index contributed by atoms with van der Waals surface area (Å²) in [5.74, 6) is 0.0700. The molecule has 1 aromatic carbocycles. The summed E-state index contributed by atoms with van der Waals surface area (Å²) in [7, 11) is -1.97. The number of halogens is 1. The Morgan fingerprint density at radius 3 is 2.78 bits per heavy atom. The Hall–Kier alpha value is -1.60. The Bertz CT molecular complexity index is 681. The van der Waals surface area contributed by atoms with Crippen LogP contribution < -0.4 is 5.73 Å². The Kier molecular flexibility index (Phi) is 3.27. The van der Waals surface area contributed by atoms with Gasteiger partial charge in [0.2, 0.25) is 0 Å². The van der Waals surface area contributed by atoms with Crippen LogP contribution in [0, 0.1) is 0 Å². The number of hydrogen-bond acceptors (Lipinski definition) is 5. The lowest BCUT2D eigenvalue weighted by Crippen LogP contribution is -2.10. The Balaban J connectivity index is 2.43. The highest BCUT2D eigenvalue weighted by Gasteiger charge is 2.21. The minimum atomic E-state index is -3.59. The molecule has 0 aliphatic heterocycles. The number of aryl methyl sites for hydroxylation is 1. The van der Waals surface area contributed by atoms with E-state index in [1.807, 2.05) is 0 Å². The molecule has 2 aromatic rings. The molecule has 0 saturated carbocycles. The van der Waals surface area contributed by atoms with E-state index in [4.69, 9.17) is 17.3 Å². The number of anilines is 1. The lowest BCUT2D eigenvalue weighted by molar-refractivity contribution is 0.591. The Morgan fingerprint density at radius 1 is 1.44 bits per heavy atom. The van der Waals surface area contributed by atoms with Gasteiger partial charge in [-0.1, -0.05) is 11.6 Å². The van der Waals surface area contributed by atoms with Crippen LogP contribution in [0.15, 0.2) is 29.4 Å². The average Bonchev–Trinajstić information content (AvgIpc) is 2.67. The zero-order valence-corrected chi connectivity index (χ0v) is 11.1. The predicted octanol–water partition coefficient (Wildman–Crippen LogP) is 1.02. The largest absolute Gasteiger partial charge is 0.399 e. The van der Waals surface area contributed by atoms with Crippen molar-refractivity contribution in [3.63, 3.8) is 0 Å². The van der Waals surface area contributed by atoms with Crippen LogP contribution in [0.1, 0.15) is 5.82 Å². The second-order valence-corrected chi connectivity index (χ2v) is 6.11. The van der Waals surface area contributed by atoms with Gasteiger partial charge in [0.1, 0.15) is 17.9 Å². The van der Waals surface area contributed by atoms with E-state index in [1.54, 1.807) is 13.1 Å². The molecule has 0 amide bonds. The van der Waals surface area contributed by atoms with E-state index in [0.717, 1.165) is 0 Å². The molecule has 0 saturated heterocycles. The maximum absolute atomic E-state index is 12.2. The molecule has 0 fully saturated rings. The molecule has 2 N–H and O–H groups in total. The molecule has 0 bridgehead atoms. The second-order valence-electron chi connectivity index (χ2n) is 3.75. The highest BCUT2D eigenvalue weighted by molar-refractivity contribution is 7.90. The number of benzene rings is 1. The summed E-state index contributed by atoms with van der Waals surface area (Å²) in [6, 6.07) is 4.35. The Morgan fingerprint density at radius 2 is 2.17 bits per heavy atom. The third kappa shape index (κ3) is 2.46. The maximum Gasteiger partial charge on any atom is 0.187 e. The summed E-state index contributed by atoms with van der Waals surface area (Å²) in [6.07, 6.45) is 1.30. The third-order valence-corrected chi connectivity index (χ3v) is 4.50. The first-order valence-corrected chi connectivity index (χ1v) is 7.04. The van der Waals surface area contributed by atoms with Crippen LogP contribution in [0.2, 0.25) is 5.02 Å². The number of sulfone groups is 1. The molecule has 0 unspecified atom stereocenters. The van der Waals surface area contributed by atoms with E-state index >= 15 is 0 Å². The predicted molar refractivity (Wildman–Crippen MR) is 67.8 cm³/mol. The molecule has 0 spiro atoms. The number of nitrogens with zero attached hydrogens (tertiary/aromatic N) is 3. The Labute approximate surface area is 109 Å². The van der Waals surface area contributed by atoms with Crippen molar-refractivity contribution in [2.75, 3.05) is 5.73 Å². The van der Waals surface area contributed by atoms with Crippen molar-refractivity contribution in [1.29, 1.82) is 0 Å². The fraction of sp³-hybridized carbons (Fsp3) is 0.200. The number of rotatable bonds is 3. The summed E-state index contributed by atoms with van der Waals surface area (Å²) in [6.45, 7) is 0. The van der Waals surface area contributed by atoms with Crippen LogP contribution in [-0.2, 0) is 22.6 Å². The number of aromatic nitrogens is 3. The SMILES string of the molecule is Cn1ncnc1CS(=O)(=O)c1cc(N)ccc1Cl. The van der Waals surface area contributed by atoms with E-state index in [-0.39, 0.29) is 15.7 Å². The van der Waals surface area contributed by atoms with Gasteiger partial charge in [-0.05, 0) is 18.2 Å². The lowest BCUT2D eigenvalue weighted by Gasteiger charge is -2.07. The molecule has 1 aromatic heterocycles. The molecule has 0 aliphatic carbocycles. The van der Waals surface area contributed by atoms with Gasteiger partial charge in [-0.3, -0.25) is 4.68 Å². The minimum Gasteiger partial charge on any atom is -0.399 e. The van der Waals surface area contributed by atoms with Crippen LogP contribution in [-0.4, -0.2) is 23.2 Å². The van der Waals surface area contributed by atoms with Crippen molar-refractivity contribution in [3.8, 4) is 0 Å². The van der Waals surface area contributed by atoms with Crippen molar-refractivity contribution in [1.82, 2.24) is 14.8 Å². The van der Waals surface area contributed by atoms with E-state index < -0.39 is 9.84 Å². The number of nitrogens with two attached hydrogens (primary N) is 1. The van der Waals surface area contributed by atoms with E-state index in [9.17, 15) is 8.42 Å². The smallest absolute Gasteiger partial charge is 0.187 e. The molecule has 0 aliphatic rings. The van der Waals surface area contributed by atoms with Crippen molar-refractivity contribution in [2.45, 2.75) is 10.6 Å². The number of nitrogen functional groups attached to an aromatic ring is 1. The van der Waals surface area contributed by atoms with Crippen LogP contribution in [0.4, 0.5) is 5.69 Å². The molecule has 8 heteroatoms. The van der Waals surface area contributed by atoms with Gasteiger partial charge in [0.25, 0.3) is 0 Å². The summed E-state index contributed by atoms with van der Waals surface area (Å²) in [5.41, 5.74) is 5.91. The second kappa shape index (κ2) is 4.58. The van der Waals surface area contributed by atoms with Crippen LogP contribution in [0.25, 0.3) is 0 Å². The van der Waals surface area contributed by atoms with E-state index in [1.165, 1.54) is 23.1 Å². The van der Waals surface area contributed by atoms with E-state index in [2.05, 4.69) is 10.1 Å². The molecule has 18 heavy (non-hydrogen) atoms. The molecule has 0 atom stereocenters. The third-order valence-electron chi connectivity index (χ3n) is 2.41. The first-order chi connectivity index (χ1) is 8.40. The first-order valence-electron chi connectivity index (χ1n) is 5.01. The molecular formula is C10H11ClN4O2S. The summed E-state index contributed by atoms with van der Waals surface area (Å²) < 4.78 is 25.8. The van der Waals surface area contributed by atoms with Crippen LogP contribution in [0.5, 0.6) is 0 Å². The first kappa shape index (κ1) is 12.8. The lowest BCUT2D eigenvalue weighted by atomic mass is 10.3. The molecule has 1 heterocycles.